The number of hydrogen-bond acceptors (Lipinski definition) is 7. The maximum Gasteiger partial charge on any atom is 0.182 e. The van der Waals surface area contributed by atoms with Crippen LogP contribution in [0.1, 0.15) is 23.6 Å². The molecular formula is C27H30O7. The molecule has 0 spiro atoms. The fraction of sp³-hybridized carbons (Fsp3) is 0.296. The molecule has 1 aliphatic carbocycles. The maximum absolute atomic E-state index is 12.3. The number of carbonyl (C=O) groups excluding carboxylic acids is 1. The quantitative estimate of drug-likeness (QED) is 0.548. The van der Waals surface area contributed by atoms with E-state index in [0.29, 0.717) is 40.1 Å². The molecule has 7 heteroatoms. The summed E-state index contributed by atoms with van der Waals surface area (Å²) in [6.45, 7) is 3.83. The highest BCUT2D eigenvalue weighted by atomic mass is 16.5. The van der Waals surface area contributed by atoms with E-state index in [1.165, 1.54) is 13.2 Å². The fourth-order valence-electron chi connectivity index (χ4n) is 4.15. The Morgan fingerprint density at radius 3 is 1.59 bits per heavy atom. The molecule has 2 aromatic carbocycles. The molecule has 0 radical (unpaired) electrons. The van der Waals surface area contributed by atoms with Gasteiger partial charge in [0.2, 0.25) is 0 Å². The standard InChI is InChI=1S/C27H30O7/c1-15-9-17(28)11-20(31-5)24(15)27(25-16(2)10-18(29-3)12-21(25)32-6)26-22(33-7)13-19(30-4)14-23(26)34-8/h9-14H,1-8H3/b27-24+. The SMILES string of the molecule is COC1=CC(=O)C=C(C)/C1=C(/c1c(C)cc(OC)cc1OC)c1c(OC)cc(OC)cc1OC. The number of carbonyl (C=O) groups is 1. The van der Waals surface area contributed by atoms with Crippen LogP contribution in [-0.4, -0.2) is 48.4 Å². The predicted molar refractivity (Wildman–Crippen MR) is 130 cm³/mol. The molecule has 0 atom stereocenters. The summed E-state index contributed by atoms with van der Waals surface area (Å²) < 4.78 is 34.0. The van der Waals surface area contributed by atoms with Crippen LogP contribution in [0, 0.1) is 6.92 Å². The van der Waals surface area contributed by atoms with E-state index in [9.17, 15) is 4.79 Å². The lowest BCUT2D eigenvalue weighted by Crippen LogP contribution is -2.11. The molecule has 7 nitrogen and oxygen atoms in total. The van der Waals surface area contributed by atoms with E-state index in [-0.39, 0.29) is 5.78 Å². The van der Waals surface area contributed by atoms with Gasteiger partial charge >= 0.3 is 0 Å². The molecule has 180 valence electrons. The first-order chi connectivity index (χ1) is 16.3. The zero-order chi connectivity index (χ0) is 25.0. The van der Waals surface area contributed by atoms with Crippen LogP contribution in [0.15, 0.2) is 53.3 Å². The molecule has 0 heterocycles. The van der Waals surface area contributed by atoms with E-state index >= 15 is 0 Å². The van der Waals surface area contributed by atoms with Crippen LogP contribution in [0.25, 0.3) is 5.57 Å². The monoisotopic (exact) mass is 466 g/mol. The van der Waals surface area contributed by atoms with E-state index < -0.39 is 0 Å². The number of ketones is 1. The normalized spacial score (nSPS) is 14.6. The van der Waals surface area contributed by atoms with Crippen LogP contribution in [0.3, 0.4) is 0 Å². The minimum absolute atomic E-state index is 0.149. The maximum atomic E-state index is 12.3. The fourth-order valence-corrected chi connectivity index (χ4v) is 4.15. The summed E-state index contributed by atoms with van der Waals surface area (Å²) in [7, 11) is 9.48. The summed E-state index contributed by atoms with van der Waals surface area (Å²) in [5, 5.41) is 0. The zero-order valence-corrected chi connectivity index (χ0v) is 20.8. The Kier molecular flexibility index (Phi) is 7.56. The summed E-state index contributed by atoms with van der Waals surface area (Å²) in [5.41, 5.74) is 4.51. The van der Waals surface area contributed by atoms with E-state index in [2.05, 4.69) is 0 Å². The number of rotatable bonds is 8. The van der Waals surface area contributed by atoms with Crippen LogP contribution < -0.4 is 23.7 Å². The largest absolute Gasteiger partial charge is 0.497 e. The van der Waals surface area contributed by atoms with Crippen LogP contribution >= 0.6 is 0 Å². The molecule has 0 amide bonds. The molecule has 0 unspecified atom stereocenters. The average molecular weight is 467 g/mol. The molecule has 0 bridgehead atoms. The first-order valence-electron chi connectivity index (χ1n) is 10.6. The molecule has 0 N–H and O–H groups in total. The van der Waals surface area contributed by atoms with Crippen LogP contribution in [0.2, 0.25) is 0 Å². The second kappa shape index (κ2) is 10.4. The summed E-state index contributed by atoms with van der Waals surface area (Å²) in [6.07, 6.45) is 3.04. The first kappa shape index (κ1) is 24.8. The highest BCUT2D eigenvalue weighted by molar-refractivity contribution is 6.06. The first-order valence-corrected chi connectivity index (χ1v) is 10.6. The molecule has 3 rings (SSSR count). The number of benzene rings is 2. The van der Waals surface area contributed by atoms with Gasteiger partial charge in [0.1, 0.15) is 34.5 Å². The molecule has 2 aromatic rings. The van der Waals surface area contributed by atoms with Gasteiger partial charge in [-0.15, -0.1) is 0 Å². The van der Waals surface area contributed by atoms with Gasteiger partial charge in [-0.2, -0.15) is 0 Å². The Hall–Kier alpha value is -3.87. The summed E-state index contributed by atoms with van der Waals surface area (Å²) in [6, 6.07) is 7.30. The number of methoxy groups -OCH3 is 6. The Morgan fingerprint density at radius 1 is 0.618 bits per heavy atom. The minimum atomic E-state index is -0.149. The molecule has 0 saturated heterocycles. The third-order valence-electron chi connectivity index (χ3n) is 5.69. The summed E-state index contributed by atoms with van der Waals surface area (Å²) in [5.74, 6) is 3.15. The number of allylic oxidation sites excluding steroid dienone is 3. The second-order valence-electron chi connectivity index (χ2n) is 7.62. The van der Waals surface area contributed by atoms with Gasteiger partial charge in [-0.05, 0) is 37.1 Å². The van der Waals surface area contributed by atoms with Gasteiger partial charge in [-0.1, -0.05) is 0 Å². The lowest BCUT2D eigenvalue weighted by molar-refractivity contribution is -0.110. The van der Waals surface area contributed by atoms with E-state index in [4.69, 9.17) is 28.4 Å². The van der Waals surface area contributed by atoms with Crippen molar-refractivity contribution in [3.05, 3.63) is 70.0 Å². The van der Waals surface area contributed by atoms with Gasteiger partial charge in [0.15, 0.2) is 5.78 Å². The van der Waals surface area contributed by atoms with Crippen molar-refractivity contribution in [1.29, 1.82) is 0 Å². The lowest BCUT2D eigenvalue weighted by atomic mass is 9.83. The molecule has 0 aromatic heterocycles. The van der Waals surface area contributed by atoms with Crippen molar-refractivity contribution in [3.8, 4) is 28.7 Å². The minimum Gasteiger partial charge on any atom is -0.497 e. The van der Waals surface area contributed by atoms with Crippen molar-refractivity contribution in [1.82, 2.24) is 0 Å². The molecule has 1 aliphatic rings. The Morgan fingerprint density at radius 2 is 1.12 bits per heavy atom. The number of hydrogen-bond donors (Lipinski definition) is 0. The van der Waals surface area contributed by atoms with E-state index in [1.54, 1.807) is 53.8 Å². The summed E-state index contributed by atoms with van der Waals surface area (Å²) in [4.78, 5) is 12.3. The molecule has 0 fully saturated rings. The third kappa shape index (κ3) is 4.46. The Labute approximate surface area is 200 Å². The molecular weight excluding hydrogens is 436 g/mol. The molecule has 0 aliphatic heterocycles. The third-order valence-corrected chi connectivity index (χ3v) is 5.69. The zero-order valence-electron chi connectivity index (χ0n) is 20.8. The highest BCUT2D eigenvalue weighted by Gasteiger charge is 2.30. The Bertz CT molecular complexity index is 1180. The molecule has 34 heavy (non-hydrogen) atoms. The Balaban J connectivity index is 2.59. The van der Waals surface area contributed by atoms with Gasteiger partial charge in [-0.3, -0.25) is 4.79 Å². The summed E-state index contributed by atoms with van der Waals surface area (Å²) >= 11 is 0. The van der Waals surface area contributed by atoms with Gasteiger partial charge in [0.25, 0.3) is 0 Å². The topological polar surface area (TPSA) is 72.5 Å². The molecule has 0 saturated carbocycles. The van der Waals surface area contributed by atoms with E-state index in [0.717, 1.165) is 27.8 Å². The van der Waals surface area contributed by atoms with Gasteiger partial charge < -0.3 is 28.4 Å². The van der Waals surface area contributed by atoms with Gasteiger partial charge in [0.05, 0.1) is 48.2 Å². The van der Waals surface area contributed by atoms with Crippen molar-refractivity contribution < 1.29 is 33.2 Å². The predicted octanol–water partition coefficient (Wildman–Crippen LogP) is 4.90. The van der Waals surface area contributed by atoms with Crippen molar-refractivity contribution >= 4 is 11.4 Å². The van der Waals surface area contributed by atoms with Gasteiger partial charge in [-0.25, -0.2) is 0 Å². The van der Waals surface area contributed by atoms with Crippen LogP contribution in [0.4, 0.5) is 0 Å². The van der Waals surface area contributed by atoms with Gasteiger partial charge in [0, 0.05) is 41.0 Å². The smallest absolute Gasteiger partial charge is 0.182 e. The highest BCUT2D eigenvalue weighted by Crippen LogP contribution is 2.49. The average Bonchev–Trinajstić information content (AvgIpc) is 2.84. The van der Waals surface area contributed by atoms with Crippen molar-refractivity contribution in [2.75, 3.05) is 42.7 Å². The van der Waals surface area contributed by atoms with Crippen LogP contribution in [0.5, 0.6) is 28.7 Å². The number of ether oxygens (including phenoxy) is 6. The number of aryl methyl sites for hydroxylation is 1. The lowest BCUT2D eigenvalue weighted by Gasteiger charge is -2.26. The van der Waals surface area contributed by atoms with Crippen molar-refractivity contribution in [2.24, 2.45) is 0 Å². The second-order valence-corrected chi connectivity index (χ2v) is 7.62. The van der Waals surface area contributed by atoms with Crippen molar-refractivity contribution in [2.45, 2.75) is 13.8 Å². The van der Waals surface area contributed by atoms with Crippen molar-refractivity contribution in [3.63, 3.8) is 0 Å². The van der Waals surface area contributed by atoms with E-state index in [1.807, 2.05) is 26.0 Å². The van der Waals surface area contributed by atoms with Crippen LogP contribution in [-0.2, 0) is 9.53 Å².